The van der Waals surface area contributed by atoms with Gasteiger partial charge in [0.15, 0.2) is 0 Å². The molecule has 3 heteroatoms. The Morgan fingerprint density at radius 3 is 1.81 bits per heavy atom. The highest BCUT2D eigenvalue weighted by atomic mass is 15.4. The summed E-state index contributed by atoms with van der Waals surface area (Å²) in [7, 11) is 0. The maximum atomic E-state index is 2.69. The van der Waals surface area contributed by atoms with Gasteiger partial charge in [-0.2, -0.15) is 0 Å². The predicted molar refractivity (Wildman–Crippen MR) is 66.6 cm³/mol. The maximum absolute atomic E-state index is 2.69. The van der Waals surface area contributed by atoms with E-state index in [1.54, 1.807) is 0 Å². The Labute approximate surface area is 99.4 Å². The van der Waals surface area contributed by atoms with Crippen molar-refractivity contribution < 1.29 is 0 Å². The lowest BCUT2D eigenvalue weighted by Gasteiger charge is -2.57. The summed E-state index contributed by atoms with van der Waals surface area (Å²) in [4.78, 5) is 7.93. The first kappa shape index (κ1) is 11.0. The van der Waals surface area contributed by atoms with Crippen LogP contribution in [0.15, 0.2) is 0 Å². The molecule has 0 spiro atoms. The minimum absolute atomic E-state index is 0.740. The standard InChI is InChI=1S/C13H25N3/c1-10(2)14-6-12(7-14)16-8-13(9-16)15-4-11(3)5-15/h10-13H,4-9H2,1-3H3. The Morgan fingerprint density at radius 2 is 1.31 bits per heavy atom. The lowest BCUT2D eigenvalue weighted by molar-refractivity contribution is -0.0826. The Kier molecular flexibility index (Phi) is 2.73. The van der Waals surface area contributed by atoms with Gasteiger partial charge in [0.05, 0.1) is 0 Å². The van der Waals surface area contributed by atoms with Crippen molar-refractivity contribution in [1.29, 1.82) is 0 Å². The van der Waals surface area contributed by atoms with Crippen LogP contribution in [0.3, 0.4) is 0 Å². The van der Waals surface area contributed by atoms with E-state index >= 15 is 0 Å². The Balaban J connectivity index is 1.36. The van der Waals surface area contributed by atoms with Gasteiger partial charge in [-0.05, 0) is 19.8 Å². The second kappa shape index (κ2) is 3.97. The molecule has 0 aliphatic carbocycles. The highest BCUT2D eigenvalue weighted by molar-refractivity contribution is 5.00. The van der Waals surface area contributed by atoms with Crippen molar-refractivity contribution in [2.45, 2.75) is 38.9 Å². The van der Waals surface area contributed by atoms with Crippen LogP contribution in [0.5, 0.6) is 0 Å². The Morgan fingerprint density at radius 1 is 0.812 bits per heavy atom. The van der Waals surface area contributed by atoms with Crippen molar-refractivity contribution in [1.82, 2.24) is 14.7 Å². The second-order valence-corrected chi connectivity index (χ2v) is 6.37. The SMILES string of the molecule is CC1CN(C2CN(C3CN(C(C)C)C3)C2)C1. The van der Waals surface area contributed by atoms with Gasteiger partial charge in [0.2, 0.25) is 0 Å². The fourth-order valence-corrected chi connectivity index (χ4v) is 3.20. The van der Waals surface area contributed by atoms with Gasteiger partial charge in [0.25, 0.3) is 0 Å². The molecule has 16 heavy (non-hydrogen) atoms. The van der Waals surface area contributed by atoms with E-state index < -0.39 is 0 Å². The summed E-state index contributed by atoms with van der Waals surface area (Å²) in [5.41, 5.74) is 0. The average molecular weight is 223 g/mol. The van der Waals surface area contributed by atoms with E-state index in [4.69, 9.17) is 0 Å². The van der Waals surface area contributed by atoms with Gasteiger partial charge in [-0.1, -0.05) is 6.92 Å². The van der Waals surface area contributed by atoms with E-state index in [-0.39, 0.29) is 0 Å². The number of likely N-dealkylation sites (tertiary alicyclic amines) is 3. The normalized spacial score (nSPS) is 31.5. The molecular weight excluding hydrogens is 198 g/mol. The van der Waals surface area contributed by atoms with Gasteiger partial charge in [0.1, 0.15) is 0 Å². The van der Waals surface area contributed by atoms with E-state index in [1.807, 2.05) is 0 Å². The van der Waals surface area contributed by atoms with Gasteiger partial charge in [-0.3, -0.25) is 14.7 Å². The van der Waals surface area contributed by atoms with Gasteiger partial charge in [-0.25, -0.2) is 0 Å². The van der Waals surface area contributed by atoms with Crippen LogP contribution in [0, 0.1) is 5.92 Å². The molecule has 3 fully saturated rings. The van der Waals surface area contributed by atoms with E-state index in [2.05, 4.69) is 35.5 Å². The van der Waals surface area contributed by atoms with Crippen molar-refractivity contribution >= 4 is 0 Å². The van der Waals surface area contributed by atoms with Crippen molar-refractivity contribution in [3.8, 4) is 0 Å². The molecule has 0 unspecified atom stereocenters. The van der Waals surface area contributed by atoms with Crippen molar-refractivity contribution in [3.05, 3.63) is 0 Å². The smallest absolute Gasteiger partial charge is 0.0352 e. The molecule has 92 valence electrons. The third-order valence-corrected chi connectivity index (χ3v) is 4.64. The molecule has 3 aliphatic rings. The van der Waals surface area contributed by atoms with Crippen LogP contribution in [-0.4, -0.2) is 72.1 Å². The van der Waals surface area contributed by atoms with Crippen molar-refractivity contribution in [2.75, 3.05) is 39.3 Å². The Bertz CT molecular complexity index is 248. The van der Waals surface area contributed by atoms with Crippen molar-refractivity contribution in [2.24, 2.45) is 5.92 Å². The second-order valence-electron chi connectivity index (χ2n) is 6.37. The van der Waals surface area contributed by atoms with Gasteiger partial charge >= 0.3 is 0 Å². The molecular formula is C13H25N3. The van der Waals surface area contributed by atoms with Crippen LogP contribution in [0.4, 0.5) is 0 Å². The van der Waals surface area contributed by atoms with Crippen LogP contribution in [0.25, 0.3) is 0 Å². The topological polar surface area (TPSA) is 9.72 Å². The van der Waals surface area contributed by atoms with E-state index in [9.17, 15) is 0 Å². The lowest BCUT2D eigenvalue weighted by atomic mass is 9.93. The molecule has 3 aliphatic heterocycles. The van der Waals surface area contributed by atoms with Gasteiger partial charge in [0, 0.05) is 57.4 Å². The van der Waals surface area contributed by atoms with E-state index in [1.165, 1.54) is 39.3 Å². The molecule has 3 rings (SSSR count). The zero-order chi connectivity index (χ0) is 11.3. The Hall–Kier alpha value is -0.120. The zero-order valence-corrected chi connectivity index (χ0v) is 10.9. The van der Waals surface area contributed by atoms with Gasteiger partial charge in [-0.15, -0.1) is 0 Å². The molecule has 0 aromatic rings. The fourth-order valence-electron chi connectivity index (χ4n) is 3.20. The molecule has 0 N–H and O–H groups in total. The largest absolute Gasteiger partial charge is 0.298 e. The van der Waals surface area contributed by atoms with Crippen LogP contribution >= 0.6 is 0 Å². The first-order chi connectivity index (χ1) is 7.63. The third kappa shape index (κ3) is 1.79. The predicted octanol–water partition coefficient (Wildman–Crippen LogP) is 0.715. The van der Waals surface area contributed by atoms with Gasteiger partial charge < -0.3 is 0 Å². The molecule has 3 nitrogen and oxygen atoms in total. The number of nitrogens with zero attached hydrogens (tertiary/aromatic N) is 3. The summed E-state index contributed by atoms with van der Waals surface area (Å²) < 4.78 is 0. The molecule has 0 saturated carbocycles. The highest BCUT2D eigenvalue weighted by Crippen LogP contribution is 2.28. The van der Waals surface area contributed by atoms with Crippen molar-refractivity contribution in [3.63, 3.8) is 0 Å². The highest BCUT2D eigenvalue weighted by Gasteiger charge is 2.43. The first-order valence-electron chi connectivity index (χ1n) is 6.85. The number of hydrogen-bond donors (Lipinski definition) is 0. The summed E-state index contributed by atoms with van der Waals surface area (Å²) in [5, 5.41) is 0. The average Bonchev–Trinajstić information content (AvgIpc) is 2.01. The minimum Gasteiger partial charge on any atom is -0.298 e. The van der Waals surface area contributed by atoms with Crippen LogP contribution in [-0.2, 0) is 0 Å². The molecule has 0 bridgehead atoms. The molecule has 0 radical (unpaired) electrons. The molecule has 0 amide bonds. The maximum Gasteiger partial charge on any atom is 0.0352 e. The minimum atomic E-state index is 0.740. The molecule has 3 heterocycles. The quantitative estimate of drug-likeness (QED) is 0.698. The molecule has 0 aromatic heterocycles. The number of hydrogen-bond acceptors (Lipinski definition) is 3. The summed E-state index contributed by atoms with van der Waals surface area (Å²) in [6.45, 7) is 14.9. The summed E-state index contributed by atoms with van der Waals surface area (Å²) >= 11 is 0. The summed E-state index contributed by atoms with van der Waals surface area (Å²) in [6, 6.07) is 2.51. The zero-order valence-electron chi connectivity index (χ0n) is 10.9. The summed E-state index contributed by atoms with van der Waals surface area (Å²) in [6.07, 6.45) is 0. The third-order valence-electron chi connectivity index (χ3n) is 4.64. The van der Waals surface area contributed by atoms with E-state index in [0.29, 0.717) is 0 Å². The number of rotatable bonds is 3. The van der Waals surface area contributed by atoms with Crippen LogP contribution in [0.2, 0.25) is 0 Å². The lowest BCUT2D eigenvalue weighted by Crippen LogP contribution is -2.72. The molecule has 0 atom stereocenters. The fraction of sp³-hybridized carbons (Fsp3) is 1.00. The van der Waals surface area contributed by atoms with Crippen LogP contribution < -0.4 is 0 Å². The first-order valence-corrected chi connectivity index (χ1v) is 6.85. The molecule has 3 saturated heterocycles. The molecule has 0 aromatic carbocycles. The summed E-state index contributed by atoms with van der Waals surface area (Å²) in [5.74, 6) is 0.953. The van der Waals surface area contributed by atoms with Crippen LogP contribution in [0.1, 0.15) is 20.8 Å². The van der Waals surface area contributed by atoms with E-state index in [0.717, 1.165) is 24.0 Å². The monoisotopic (exact) mass is 223 g/mol.